The molecule has 0 saturated carbocycles. The molecule has 1 aromatic rings. The number of hydrogen-bond acceptors (Lipinski definition) is 5. The molecule has 2 unspecified atom stereocenters. The van der Waals surface area contributed by atoms with Crippen LogP contribution in [0.5, 0.6) is 0 Å². The highest BCUT2D eigenvalue weighted by Gasteiger charge is 2.59. The van der Waals surface area contributed by atoms with Crippen molar-refractivity contribution in [3.8, 4) is 0 Å². The second-order valence-corrected chi connectivity index (χ2v) is 9.32. The second-order valence-electron chi connectivity index (χ2n) is 7.06. The summed E-state index contributed by atoms with van der Waals surface area (Å²) in [7, 11) is -3.36. The van der Waals surface area contributed by atoms with Gasteiger partial charge in [-0.25, -0.2) is 17.7 Å². The molecule has 9 heteroatoms. The second kappa shape index (κ2) is 6.69. The predicted molar refractivity (Wildman–Crippen MR) is 92.4 cm³/mol. The summed E-state index contributed by atoms with van der Waals surface area (Å²) < 4.78 is 27.8. The number of aliphatic carboxylic acids is 1. The van der Waals surface area contributed by atoms with Crippen LogP contribution in [-0.2, 0) is 27.9 Å². The highest BCUT2D eigenvalue weighted by atomic mass is 32.2. The molecule has 1 aromatic heterocycles. The van der Waals surface area contributed by atoms with E-state index >= 15 is 0 Å². The normalized spacial score (nSPS) is 27.7. The average Bonchev–Trinajstić information content (AvgIpc) is 3.21. The number of imidazole rings is 1. The van der Waals surface area contributed by atoms with E-state index in [4.69, 9.17) is 0 Å². The van der Waals surface area contributed by atoms with Gasteiger partial charge in [0.15, 0.2) is 0 Å². The molecule has 8 nitrogen and oxygen atoms in total. The van der Waals surface area contributed by atoms with Crippen molar-refractivity contribution in [3.05, 3.63) is 18.2 Å². The van der Waals surface area contributed by atoms with Crippen LogP contribution in [0, 0.1) is 11.3 Å². The first kappa shape index (κ1) is 18.3. The number of nitrogens with zero attached hydrogens (tertiary/aromatic N) is 4. The van der Waals surface area contributed by atoms with Crippen molar-refractivity contribution in [2.24, 2.45) is 11.3 Å². The number of carboxylic acid groups (broad SMARTS) is 1. The molecule has 0 aliphatic carbocycles. The molecule has 1 N–H and O–H groups in total. The largest absolute Gasteiger partial charge is 0.481 e. The molecular formula is C16H26N4O4S. The lowest BCUT2D eigenvalue weighted by Gasteiger charge is -2.25. The first-order valence-corrected chi connectivity index (χ1v) is 10.4. The number of fused-ring (bicyclic) bond motifs is 1. The van der Waals surface area contributed by atoms with Crippen molar-refractivity contribution in [2.45, 2.75) is 33.4 Å². The van der Waals surface area contributed by atoms with Gasteiger partial charge in [-0.2, -0.15) is 0 Å². The van der Waals surface area contributed by atoms with Gasteiger partial charge in [0.25, 0.3) is 0 Å². The van der Waals surface area contributed by atoms with Crippen molar-refractivity contribution < 1.29 is 18.3 Å². The summed E-state index contributed by atoms with van der Waals surface area (Å²) in [5.74, 6) is -0.139. The number of aromatic nitrogens is 2. The Morgan fingerprint density at radius 1 is 1.36 bits per heavy atom. The fourth-order valence-electron chi connectivity index (χ4n) is 4.08. The van der Waals surface area contributed by atoms with E-state index in [0.717, 1.165) is 18.8 Å². The first-order chi connectivity index (χ1) is 11.8. The quantitative estimate of drug-likeness (QED) is 0.749. The van der Waals surface area contributed by atoms with Crippen LogP contribution in [0.2, 0.25) is 0 Å². The molecule has 0 spiro atoms. The fourth-order valence-corrected chi connectivity index (χ4v) is 5.28. The van der Waals surface area contributed by atoms with Gasteiger partial charge in [-0.15, -0.1) is 0 Å². The Morgan fingerprint density at radius 2 is 2.12 bits per heavy atom. The summed E-state index contributed by atoms with van der Waals surface area (Å²) >= 11 is 0. The molecular weight excluding hydrogens is 344 g/mol. The zero-order chi connectivity index (χ0) is 18.2. The van der Waals surface area contributed by atoms with E-state index in [2.05, 4.69) is 21.4 Å². The Morgan fingerprint density at radius 3 is 2.72 bits per heavy atom. The van der Waals surface area contributed by atoms with Gasteiger partial charge in [-0.1, -0.05) is 6.92 Å². The number of likely N-dealkylation sites (tertiary alicyclic amines) is 1. The molecule has 2 saturated heterocycles. The standard InChI is InChI=1S/C16H26N4O4S/c1-3-6-19-7-5-17-14(19)10-18-8-13-9-20(25(23,24)4-2)12-16(13,11-18)15(21)22/h5,7,13H,3-4,6,8-12H2,1-2H3,(H,21,22). The maximum Gasteiger partial charge on any atom is 0.312 e. The van der Waals surface area contributed by atoms with Gasteiger partial charge < -0.3 is 9.67 Å². The maximum atomic E-state index is 12.2. The minimum Gasteiger partial charge on any atom is -0.481 e. The summed E-state index contributed by atoms with van der Waals surface area (Å²) in [6.07, 6.45) is 4.72. The van der Waals surface area contributed by atoms with Crippen molar-refractivity contribution in [1.82, 2.24) is 18.8 Å². The number of rotatable bonds is 7. The van der Waals surface area contributed by atoms with Gasteiger partial charge in [0, 0.05) is 51.0 Å². The highest BCUT2D eigenvalue weighted by molar-refractivity contribution is 7.89. The van der Waals surface area contributed by atoms with Crippen LogP contribution in [0.1, 0.15) is 26.1 Å². The fraction of sp³-hybridized carbons (Fsp3) is 0.750. The van der Waals surface area contributed by atoms with Crippen molar-refractivity contribution in [1.29, 1.82) is 0 Å². The zero-order valence-corrected chi connectivity index (χ0v) is 15.6. The van der Waals surface area contributed by atoms with Crippen LogP contribution in [0.3, 0.4) is 0 Å². The van der Waals surface area contributed by atoms with Crippen LogP contribution in [0.4, 0.5) is 0 Å². The lowest BCUT2D eigenvalue weighted by atomic mass is 9.81. The van der Waals surface area contributed by atoms with Gasteiger partial charge in [-0.3, -0.25) is 9.69 Å². The molecule has 0 radical (unpaired) electrons. The zero-order valence-electron chi connectivity index (χ0n) is 14.8. The minimum absolute atomic E-state index is 0.00753. The van der Waals surface area contributed by atoms with Crippen LogP contribution in [-0.4, -0.2) is 70.2 Å². The molecule has 2 fully saturated rings. The molecule has 0 amide bonds. The Labute approximate surface area is 148 Å². The van der Waals surface area contributed by atoms with E-state index in [0.29, 0.717) is 26.2 Å². The monoisotopic (exact) mass is 370 g/mol. The smallest absolute Gasteiger partial charge is 0.312 e. The summed E-state index contributed by atoms with van der Waals surface area (Å²) in [6.45, 7) is 6.50. The number of carboxylic acids is 1. The number of hydrogen-bond donors (Lipinski definition) is 1. The molecule has 2 aliphatic rings. The number of aryl methyl sites for hydroxylation is 1. The van der Waals surface area contributed by atoms with Crippen LogP contribution in [0.15, 0.2) is 12.4 Å². The van der Waals surface area contributed by atoms with E-state index in [-0.39, 0.29) is 18.2 Å². The van der Waals surface area contributed by atoms with Gasteiger partial charge in [-0.05, 0) is 13.3 Å². The highest BCUT2D eigenvalue weighted by Crippen LogP contribution is 2.44. The van der Waals surface area contributed by atoms with Gasteiger partial charge in [0.2, 0.25) is 10.0 Å². The van der Waals surface area contributed by atoms with Crippen LogP contribution in [0.25, 0.3) is 0 Å². The summed E-state index contributed by atoms with van der Waals surface area (Å²) in [4.78, 5) is 18.5. The molecule has 25 heavy (non-hydrogen) atoms. The lowest BCUT2D eigenvalue weighted by Crippen LogP contribution is -2.42. The lowest BCUT2D eigenvalue weighted by molar-refractivity contribution is -0.148. The van der Waals surface area contributed by atoms with Crippen molar-refractivity contribution in [3.63, 3.8) is 0 Å². The maximum absolute atomic E-state index is 12.2. The SMILES string of the molecule is CCCn1ccnc1CN1CC2CN(S(=O)(=O)CC)CC2(C(=O)O)C1. The van der Waals surface area contributed by atoms with E-state index < -0.39 is 21.4 Å². The summed E-state index contributed by atoms with van der Waals surface area (Å²) in [5.41, 5.74) is -1.01. The van der Waals surface area contributed by atoms with Gasteiger partial charge in [0.1, 0.15) is 5.82 Å². The predicted octanol–water partition coefficient (Wildman–Crippen LogP) is 0.461. The summed E-state index contributed by atoms with van der Waals surface area (Å²) in [6, 6.07) is 0. The van der Waals surface area contributed by atoms with E-state index in [1.165, 1.54) is 4.31 Å². The Bertz CT molecular complexity index is 747. The Hall–Kier alpha value is -1.45. The van der Waals surface area contributed by atoms with Crippen LogP contribution < -0.4 is 0 Å². The molecule has 3 heterocycles. The van der Waals surface area contributed by atoms with Crippen LogP contribution >= 0.6 is 0 Å². The molecule has 0 aromatic carbocycles. The molecule has 0 bridgehead atoms. The van der Waals surface area contributed by atoms with E-state index in [1.54, 1.807) is 13.1 Å². The average molecular weight is 370 g/mol. The molecule has 2 aliphatic heterocycles. The Balaban J connectivity index is 1.76. The first-order valence-electron chi connectivity index (χ1n) is 8.76. The Kier molecular flexibility index (Phi) is 4.91. The third-order valence-corrected chi connectivity index (χ3v) is 7.26. The minimum atomic E-state index is -3.36. The number of carbonyl (C=O) groups is 1. The molecule has 140 valence electrons. The molecule has 2 atom stereocenters. The number of sulfonamides is 1. The third kappa shape index (κ3) is 3.20. The van der Waals surface area contributed by atoms with E-state index in [9.17, 15) is 18.3 Å². The van der Waals surface area contributed by atoms with Gasteiger partial charge >= 0.3 is 5.97 Å². The van der Waals surface area contributed by atoms with Gasteiger partial charge in [0.05, 0.1) is 17.7 Å². The van der Waals surface area contributed by atoms with E-state index in [1.807, 2.05) is 6.20 Å². The topological polar surface area (TPSA) is 95.7 Å². The molecule has 3 rings (SSSR count). The van der Waals surface area contributed by atoms with Crippen molar-refractivity contribution in [2.75, 3.05) is 31.9 Å². The third-order valence-electron chi connectivity index (χ3n) is 5.46. The summed E-state index contributed by atoms with van der Waals surface area (Å²) in [5, 5.41) is 9.84. The van der Waals surface area contributed by atoms with Crippen molar-refractivity contribution >= 4 is 16.0 Å².